The lowest BCUT2D eigenvalue weighted by atomic mass is 10.3. The second-order valence-electron chi connectivity index (χ2n) is 3.21. The number of hydrogen-bond donors (Lipinski definition) is 2. The van der Waals surface area contributed by atoms with Crippen molar-refractivity contribution < 1.29 is 23.1 Å². The standard InChI is InChI=1S/C9H10F3N3O2/c10-9(11,12)6-4-7(15-5-14-6)13-3-1-2-8(16)17/h4-5H,1-3H2,(H,16,17)(H,13,14,15). The Labute approximate surface area is 94.7 Å². The third-order valence-electron chi connectivity index (χ3n) is 1.83. The summed E-state index contributed by atoms with van der Waals surface area (Å²) in [5.74, 6) is -0.928. The van der Waals surface area contributed by atoms with E-state index < -0.39 is 17.8 Å². The van der Waals surface area contributed by atoms with Gasteiger partial charge in [-0.15, -0.1) is 0 Å². The molecule has 0 bridgehead atoms. The first kappa shape index (κ1) is 13.2. The molecule has 8 heteroatoms. The van der Waals surface area contributed by atoms with Gasteiger partial charge in [-0.05, 0) is 6.42 Å². The van der Waals surface area contributed by atoms with E-state index in [-0.39, 0.29) is 18.8 Å². The summed E-state index contributed by atoms with van der Waals surface area (Å²) in [5, 5.41) is 11.0. The van der Waals surface area contributed by atoms with E-state index in [2.05, 4.69) is 15.3 Å². The van der Waals surface area contributed by atoms with Gasteiger partial charge in [0.15, 0.2) is 0 Å². The maximum atomic E-state index is 12.3. The van der Waals surface area contributed by atoms with Crippen molar-refractivity contribution in [1.82, 2.24) is 9.97 Å². The second-order valence-corrected chi connectivity index (χ2v) is 3.21. The monoisotopic (exact) mass is 249 g/mol. The fourth-order valence-electron chi connectivity index (χ4n) is 1.07. The lowest BCUT2D eigenvalue weighted by Gasteiger charge is -2.08. The fourth-order valence-corrected chi connectivity index (χ4v) is 1.07. The van der Waals surface area contributed by atoms with Crippen molar-refractivity contribution in [2.75, 3.05) is 11.9 Å². The molecule has 1 heterocycles. The maximum Gasteiger partial charge on any atom is 0.433 e. The third kappa shape index (κ3) is 4.66. The van der Waals surface area contributed by atoms with Crippen LogP contribution in [-0.2, 0) is 11.0 Å². The van der Waals surface area contributed by atoms with Gasteiger partial charge >= 0.3 is 12.1 Å². The number of anilines is 1. The average molecular weight is 249 g/mol. The van der Waals surface area contributed by atoms with Gasteiger partial charge < -0.3 is 10.4 Å². The minimum absolute atomic E-state index is 0.0257. The third-order valence-corrected chi connectivity index (χ3v) is 1.83. The molecule has 0 aromatic carbocycles. The van der Waals surface area contributed by atoms with Crippen LogP contribution >= 0.6 is 0 Å². The number of carbonyl (C=O) groups is 1. The van der Waals surface area contributed by atoms with Gasteiger partial charge in [0.05, 0.1) is 0 Å². The quantitative estimate of drug-likeness (QED) is 0.778. The summed E-state index contributed by atoms with van der Waals surface area (Å²) < 4.78 is 36.8. The van der Waals surface area contributed by atoms with Gasteiger partial charge in [0, 0.05) is 19.0 Å². The van der Waals surface area contributed by atoms with E-state index in [1.165, 1.54) is 0 Å². The summed E-state index contributed by atoms with van der Waals surface area (Å²) >= 11 is 0. The molecule has 5 nitrogen and oxygen atoms in total. The summed E-state index contributed by atoms with van der Waals surface area (Å²) in [5.41, 5.74) is -1.03. The molecule has 0 saturated heterocycles. The van der Waals surface area contributed by atoms with E-state index in [0.717, 1.165) is 12.4 Å². The molecule has 17 heavy (non-hydrogen) atoms. The Morgan fingerprint density at radius 2 is 2.12 bits per heavy atom. The molecule has 0 amide bonds. The molecular weight excluding hydrogens is 239 g/mol. The Kier molecular flexibility index (Phi) is 4.24. The highest BCUT2D eigenvalue weighted by Gasteiger charge is 2.32. The molecule has 1 aromatic heterocycles. The zero-order valence-corrected chi connectivity index (χ0v) is 8.66. The van der Waals surface area contributed by atoms with Crippen LogP contribution in [0.3, 0.4) is 0 Å². The van der Waals surface area contributed by atoms with Crippen LogP contribution in [0.15, 0.2) is 12.4 Å². The zero-order chi connectivity index (χ0) is 12.9. The number of halogens is 3. The number of rotatable bonds is 5. The van der Waals surface area contributed by atoms with Crippen molar-refractivity contribution in [3.8, 4) is 0 Å². The summed E-state index contributed by atoms with van der Waals surface area (Å²) in [6.07, 6.45) is -3.45. The highest BCUT2D eigenvalue weighted by atomic mass is 19.4. The number of nitrogens with zero attached hydrogens (tertiary/aromatic N) is 2. The molecule has 0 radical (unpaired) electrons. The molecule has 0 fully saturated rings. The predicted octanol–water partition coefficient (Wildman–Crippen LogP) is 1.77. The molecule has 94 valence electrons. The highest BCUT2D eigenvalue weighted by molar-refractivity contribution is 5.66. The molecule has 0 saturated carbocycles. The fraction of sp³-hybridized carbons (Fsp3) is 0.444. The Morgan fingerprint density at radius 3 is 2.71 bits per heavy atom. The van der Waals surface area contributed by atoms with Crippen LogP contribution in [0, 0.1) is 0 Å². The number of hydrogen-bond acceptors (Lipinski definition) is 4. The van der Waals surface area contributed by atoms with Crippen molar-refractivity contribution in [3.63, 3.8) is 0 Å². The lowest BCUT2D eigenvalue weighted by molar-refractivity contribution is -0.141. The van der Waals surface area contributed by atoms with Gasteiger partial charge in [-0.3, -0.25) is 4.79 Å². The van der Waals surface area contributed by atoms with E-state index >= 15 is 0 Å². The van der Waals surface area contributed by atoms with Crippen LogP contribution in [0.5, 0.6) is 0 Å². The molecule has 0 spiro atoms. The van der Waals surface area contributed by atoms with E-state index in [4.69, 9.17) is 5.11 Å². The molecular formula is C9H10F3N3O2. The van der Waals surface area contributed by atoms with Gasteiger partial charge in [0.2, 0.25) is 0 Å². The van der Waals surface area contributed by atoms with Crippen molar-refractivity contribution in [3.05, 3.63) is 18.1 Å². The Hall–Kier alpha value is -1.86. The van der Waals surface area contributed by atoms with Crippen LogP contribution < -0.4 is 5.32 Å². The summed E-state index contributed by atoms with van der Waals surface area (Å²) in [7, 11) is 0. The SMILES string of the molecule is O=C(O)CCCNc1cc(C(F)(F)F)ncn1. The van der Waals surface area contributed by atoms with E-state index in [1.54, 1.807) is 0 Å². The Bertz CT molecular complexity index is 395. The largest absolute Gasteiger partial charge is 0.481 e. The second kappa shape index (κ2) is 5.46. The Morgan fingerprint density at radius 1 is 1.41 bits per heavy atom. The number of nitrogens with one attached hydrogen (secondary N) is 1. The van der Waals surface area contributed by atoms with Crippen LogP contribution in [0.2, 0.25) is 0 Å². The topological polar surface area (TPSA) is 75.1 Å². The van der Waals surface area contributed by atoms with E-state index in [1.807, 2.05) is 0 Å². The smallest absolute Gasteiger partial charge is 0.433 e. The first-order chi connectivity index (χ1) is 7.89. The average Bonchev–Trinajstić information content (AvgIpc) is 2.23. The van der Waals surface area contributed by atoms with Gasteiger partial charge in [-0.25, -0.2) is 9.97 Å². The minimum Gasteiger partial charge on any atom is -0.481 e. The molecule has 1 rings (SSSR count). The Balaban J connectivity index is 2.52. The predicted molar refractivity (Wildman–Crippen MR) is 52.4 cm³/mol. The van der Waals surface area contributed by atoms with Crippen LogP contribution in [0.1, 0.15) is 18.5 Å². The van der Waals surface area contributed by atoms with E-state index in [9.17, 15) is 18.0 Å². The molecule has 0 unspecified atom stereocenters. The summed E-state index contributed by atoms with van der Waals surface area (Å²) in [4.78, 5) is 16.9. The normalized spacial score (nSPS) is 11.2. The zero-order valence-electron chi connectivity index (χ0n) is 8.66. The minimum atomic E-state index is -4.51. The number of carboxylic acids is 1. The van der Waals surface area contributed by atoms with Gasteiger partial charge in [0.25, 0.3) is 0 Å². The van der Waals surface area contributed by atoms with Crippen LogP contribution in [-0.4, -0.2) is 27.6 Å². The van der Waals surface area contributed by atoms with E-state index in [0.29, 0.717) is 6.42 Å². The molecule has 0 aliphatic rings. The molecule has 2 N–H and O–H groups in total. The van der Waals surface area contributed by atoms with Crippen molar-refractivity contribution in [2.45, 2.75) is 19.0 Å². The van der Waals surface area contributed by atoms with Crippen LogP contribution in [0.25, 0.3) is 0 Å². The summed E-state index contributed by atoms with van der Waals surface area (Å²) in [6.45, 7) is 0.237. The number of alkyl halides is 3. The molecule has 1 aromatic rings. The number of aromatic nitrogens is 2. The highest BCUT2D eigenvalue weighted by Crippen LogP contribution is 2.27. The number of carboxylic acid groups (broad SMARTS) is 1. The first-order valence-electron chi connectivity index (χ1n) is 4.74. The summed E-state index contributed by atoms with van der Waals surface area (Å²) in [6, 6.07) is 0.779. The van der Waals surface area contributed by atoms with Crippen molar-refractivity contribution >= 4 is 11.8 Å². The van der Waals surface area contributed by atoms with Crippen LogP contribution in [0.4, 0.5) is 19.0 Å². The van der Waals surface area contributed by atoms with Crippen molar-refractivity contribution in [2.24, 2.45) is 0 Å². The molecule has 0 aliphatic heterocycles. The first-order valence-corrected chi connectivity index (χ1v) is 4.74. The van der Waals surface area contributed by atoms with Gasteiger partial charge in [-0.2, -0.15) is 13.2 Å². The van der Waals surface area contributed by atoms with Crippen molar-refractivity contribution in [1.29, 1.82) is 0 Å². The van der Waals surface area contributed by atoms with Gasteiger partial charge in [0.1, 0.15) is 17.8 Å². The molecule has 0 atom stereocenters. The maximum absolute atomic E-state index is 12.3. The molecule has 0 aliphatic carbocycles. The number of aliphatic carboxylic acids is 1. The lowest BCUT2D eigenvalue weighted by Crippen LogP contribution is -2.11. The van der Waals surface area contributed by atoms with Gasteiger partial charge in [-0.1, -0.05) is 0 Å².